The highest BCUT2D eigenvalue weighted by Crippen LogP contribution is 2.37. The fourth-order valence-corrected chi connectivity index (χ4v) is 2.82. The number of ether oxygens (including phenoxy) is 2. The molecule has 0 bridgehead atoms. The van der Waals surface area contributed by atoms with Crippen molar-refractivity contribution in [3.05, 3.63) is 52.0 Å². The zero-order chi connectivity index (χ0) is 20.5. The quantitative estimate of drug-likeness (QED) is 0.292. The normalized spacial score (nSPS) is 10.5. The maximum Gasteiger partial charge on any atom is 0.266 e. The maximum atomic E-state index is 12.4. The van der Waals surface area contributed by atoms with Crippen molar-refractivity contribution in [2.24, 2.45) is 0 Å². The second-order valence-corrected chi connectivity index (χ2v) is 6.28. The standard InChI is InChI=1S/C21H17BrN2O4/c1-3-9-28-20-18(22)11-14(12-19(20)27-4-2)10-15(13-23)21(26)24-16-5-7-17(25)8-6-16/h1,5-8,10-12,25H,4,9H2,2H3,(H,24,26)/b15-10+. The van der Waals surface area contributed by atoms with E-state index in [1.54, 1.807) is 12.1 Å². The predicted molar refractivity (Wildman–Crippen MR) is 110 cm³/mol. The Hall–Kier alpha value is -3.42. The Morgan fingerprint density at radius 2 is 2.04 bits per heavy atom. The largest absolute Gasteiger partial charge is 0.508 e. The molecule has 2 rings (SSSR count). The Morgan fingerprint density at radius 1 is 1.32 bits per heavy atom. The molecule has 0 spiro atoms. The number of hydrogen-bond donors (Lipinski definition) is 2. The summed E-state index contributed by atoms with van der Waals surface area (Å²) >= 11 is 3.40. The van der Waals surface area contributed by atoms with Crippen LogP contribution in [0.5, 0.6) is 17.2 Å². The molecule has 0 aliphatic heterocycles. The van der Waals surface area contributed by atoms with Crippen LogP contribution in [0.1, 0.15) is 12.5 Å². The number of benzene rings is 2. The third-order valence-corrected chi connectivity index (χ3v) is 4.02. The van der Waals surface area contributed by atoms with E-state index in [1.165, 1.54) is 30.3 Å². The lowest BCUT2D eigenvalue weighted by Gasteiger charge is -2.13. The van der Waals surface area contributed by atoms with E-state index < -0.39 is 5.91 Å². The average molecular weight is 441 g/mol. The molecule has 2 aromatic rings. The van der Waals surface area contributed by atoms with Gasteiger partial charge >= 0.3 is 0 Å². The summed E-state index contributed by atoms with van der Waals surface area (Å²) in [7, 11) is 0. The van der Waals surface area contributed by atoms with Crippen LogP contribution in [0.15, 0.2) is 46.4 Å². The summed E-state index contributed by atoms with van der Waals surface area (Å²) in [6, 6.07) is 11.2. The molecule has 0 unspecified atom stereocenters. The summed E-state index contributed by atoms with van der Waals surface area (Å²) in [5, 5.41) is 21.3. The van der Waals surface area contributed by atoms with Crippen molar-refractivity contribution in [1.82, 2.24) is 0 Å². The van der Waals surface area contributed by atoms with Crippen LogP contribution in [-0.4, -0.2) is 24.2 Å². The zero-order valence-corrected chi connectivity index (χ0v) is 16.6. The van der Waals surface area contributed by atoms with E-state index in [0.717, 1.165) is 0 Å². The van der Waals surface area contributed by atoms with Gasteiger partial charge in [-0.3, -0.25) is 4.79 Å². The van der Waals surface area contributed by atoms with E-state index in [4.69, 9.17) is 15.9 Å². The fraction of sp³-hybridized carbons (Fsp3) is 0.143. The van der Waals surface area contributed by atoms with E-state index in [2.05, 4.69) is 27.2 Å². The number of carbonyl (C=O) groups excluding carboxylic acids is 1. The Kier molecular flexibility index (Phi) is 7.50. The molecule has 1 amide bonds. The van der Waals surface area contributed by atoms with E-state index in [-0.39, 0.29) is 17.9 Å². The summed E-state index contributed by atoms with van der Waals surface area (Å²) in [5.74, 6) is 2.78. The first-order chi connectivity index (χ1) is 13.5. The van der Waals surface area contributed by atoms with Gasteiger partial charge in [-0.15, -0.1) is 6.42 Å². The SMILES string of the molecule is C#CCOc1c(Br)cc(/C=C(\C#N)C(=O)Nc2ccc(O)cc2)cc1OCC. The molecule has 0 saturated heterocycles. The van der Waals surface area contributed by atoms with Crippen molar-refractivity contribution < 1.29 is 19.4 Å². The van der Waals surface area contributed by atoms with Crippen LogP contribution in [0.2, 0.25) is 0 Å². The first kappa shape index (κ1) is 20.9. The van der Waals surface area contributed by atoms with Crippen LogP contribution in [0.25, 0.3) is 6.08 Å². The van der Waals surface area contributed by atoms with Gasteiger partial charge < -0.3 is 19.9 Å². The Bertz CT molecular complexity index is 970. The summed E-state index contributed by atoms with van der Waals surface area (Å²) < 4.78 is 11.7. The average Bonchev–Trinajstić information content (AvgIpc) is 2.67. The predicted octanol–water partition coefficient (Wildman–Crippen LogP) is 4.11. The number of hydrogen-bond acceptors (Lipinski definition) is 5. The molecule has 0 aromatic heterocycles. The molecule has 0 saturated carbocycles. The lowest BCUT2D eigenvalue weighted by atomic mass is 10.1. The van der Waals surface area contributed by atoms with Crippen molar-refractivity contribution in [2.45, 2.75) is 6.92 Å². The number of anilines is 1. The van der Waals surface area contributed by atoms with Gasteiger partial charge in [0.25, 0.3) is 5.91 Å². The van der Waals surface area contributed by atoms with Gasteiger partial charge in [0, 0.05) is 5.69 Å². The van der Waals surface area contributed by atoms with Crippen molar-refractivity contribution in [3.63, 3.8) is 0 Å². The van der Waals surface area contributed by atoms with Crippen molar-refractivity contribution in [1.29, 1.82) is 5.26 Å². The molecule has 0 aliphatic rings. The number of amides is 1. The summed E-state index contributed by atoms with van der Waals surface area (Å²) in [4.78, 5) is 12.4. The van der Waals surface area contributed by atoms with Gasteiger partial charge in [0.1, 0.15) is 24.0 Å². The van der Waals surface area contributed by atoms with Gasteiger partial charge in [-0.1, -0.05) is 5.92 Å². The molecular formula is C21H17BrN2O4. The zero-order valence-electron chi connectivity index (χ0n) is 15.0. The Balaban J connectivity index is 2.32. The molecule has 0 aliphatic carbocycles. The number of aromatic hydroxyl groups is 1. The van der Waals surface area contributed by atoms with Gasteiger partial charge in [0.2, 0.25) is 0 Å². The van der Waals surface area contributed by atoms with Crippen LogP contribution >= 0.6 is 15.9 Å². The molecule has 0 fully saturated rings. The number of carbonyl (C=O) groups is 1. The number of rotatable bonds is 7. The topological polar surface area (TPSA) is 91.6 Å². The number of nitriles is 1. The highest BCUT2D eigenvalue weighted by atomic mass is 79.9. The van der Waals surface area contributed by atoms with E-state index in [9.17, 15) is 15.2 Å². The van der Waals surface area contributed by atoms with Crippen LogP contribution in [0.3, 0.4) is 0 Å². The number of terminal acetylenes is 1. The highest BCUT2D eigenvalue weighted by Gasteiger charge is 2.14. The van der Waals surface area contributed by atoms with Crippen LogP contribution < -0.4 is 14.8 Å². The molecule has 142 valence electrons. The van der Waals surface area contributed by atoms with E-state index >= 15 is 0 Å². The van der Waals surface area contributed by atoms with Crippen molar-refractivity contribution in [2.75, 3.05) is 18.5 Å². The number of halogens is 1. The third kappa shape index (κ3) is 5.54. The molecule has 0 atom stereocenters. The van der Waals surface area contributed by atoms with Crippen molar-refractivity contribution >= 4 is 33.6 Å². The van der Waals surface area contributed by atoms with Gasteiger partial charge in [-0.25, -0.2) is 0 Å². The van der Waals surface area contributed by atoms with Gasteiger partial charge in [-0.05, 0) is 70.9 Å². The summed E-state index contributed by atoms with van der Waals surface area (Å²) in [6.07, 6.45) is 6.67. The van der Waals surface area contributed by atoms with Crippen LogP contribution in [0, 0.1) is 23.7 Å². The Labute approximate surface area is 171 Å². The van der Waals surface area contributed by atoms with Gasteiger partial charge in [-0.2, -0.15) is 5.26 Å². The molecule has 0 heterocycles. The lowest BCUT2D eigenvalue weighted by Crippen LogP contribution is -2.13. The minimum absolute atomic E-state index is 0.0757. The highest BCUT2D eigenvalue weighted by molar-refractivity contribution is 9.10. The fourth-order valence-electron chi connectivity index (χ4n) is 2.25. The second-order valence-electron chi connectivity index (χ2n) is 5.43. The molecule has 6 nitrogen and oxygen atoms in total. The smallest absolute Gasteiger partial charge is 0.266 e. The van der Waals surface area contributed by atoms with Gasteiger partial charge in [0.15, 0.2) is 11.5 Å². The number of phenolic OH excluding ortho intramolecular Hbond substituents is 1. The third-order valence-electron chi connectivity index (χ3n) is 3.43. The minimum atomic E-state index is -0.574. The van der Waals surface area contributed by atoms with Crippen LogP contribution in [0.4, 0.5) is 5.69 Å². The monoisotopic (exact) mass is 440 g/mol. The molecule has 2 N–H and O–H groups in total. The van der Waals surface area contributed by atoms with E-state index in [0.29, 0.717) is 33.8 Å². The molecule has 2 aromatic carbocycles. The maximum absolute atomic E-state index is 12.4. The first-order valence-electron chi connectivity index (χ1n) is 8.23. The molecular weight excluding hydrogens is 424 g/mol. The summed E-state index contributed by atoms with van der Waals surface area (Å²) in [5.41, 5.74) is 0.929. The number of nitrogens with zero attached hydrogens (tertiary/aromatic N) is 1. The molecule has 7 heteroatoms. The van der Waals surface area contributed by atoms with Crippen LogP contribution in [-0.2, 0) is 4.79 Å². The lowest BCUT2D eigenvalue weighted by molar-refractivity contribution is -0.112. The van der Waals surface area contributed by atoms with Crippen molar-refractivity contribution in [3.8, 4) is 35.7 Å². The first-order valence-corrected chi connectivity index (χ1v) is 9.02. The van der Waals surface area contributed by atoms with E-state index in [1.807, 2.05) is 13.0 Å². The molecule has 28 heavy (non-hydrogen) atoms. The van der Waals surface area contributed by atoms with Gasteiger partial charge in [0.05, 0.1) is 11.1 Å². The molecule has 0 radical (unpaired) electrons. The Morgan fingerprint density at radius 3 is 2.64 bits per heavy atom. The number of phenols is 1. The second kappa shape index (κ2) is 10.1. The number of nitrogens with one attached hydrogen (secondary N) is 1. The minimum Gasteiger partial charge on any atom is -0.508 e. The summed E-state index contributed by atoms with van der Waals surface area (Å²) in [6.45, 7) is 2.30.